The number of hydrogen-bond donors (Lipinski definition) is 0. The highest BCUT2D eigenvalue weighted by Gasteiger charge is 2.26. The maximum Gasteiger partial charge on any atom is 0.238 e. The molecular weight excluding hydrogens is 285 g/mol. The van der Waals surface area contributed by atoms with Crippen molar-refractivity contribution in [3.8, 4) is 0 Å². The lowest BCUT2D eigenvalue weighted by Gasteiger charge is -2.15. The maximum absolute atomic E-state index is 11.5. The van der Waals surface area contributed by atoms with Crippen LogP contribution in [0.3, 0.4) is 0 Å². The Morgan fingerprint density at radius 2 is 2.12 bits per heavy atom. The van der Waals surface area contributed by atoms with E-state index in [1.54, 1.807) is 17.0 Å². The number of benzene rings is 1. The number of hydrogen-bond acceptors (Lipinski definition) is 3. The number of carbonyl (C=O) groups is 1. The molecule has 1 aliphatic heterocycles. The molecule has 1 aliphatic rings. The minimum atomic E-state index is 0.0427. The summed E-state index contributed by atoms with van der Waals surface area (Å²) in [4.78, 5) is 13.1. The second kappa shape index (κ2) is 4.92. The summed E-state index contributed by atoms with van der Waals surface area (Å²) in [6.07, 6.45) is 0. The second-order valence-electron chi connectivity index (χ2n) is 3.28. The molecule has 2 rings (SSSR count). The average Bonchev–Trinajstić information content (AvgIpc) is 2.55. The van der Waals surface area contributed by atoms with Crippen molar-refractivity contribution in [1.82, 2.24) is 4.90 Å². The van der Waals surface area contributed by atoms with E-state index in [0.29, 0.717) is 26.7 Å². The first-order valence-electron chi connectivity index (χ1n) is 4.49. The lowest BCUT2D eigenvalue weighted by Crippen LogP contribution is -2.27. The van der Waals surface area contributed by atoms with Crippen molar-refractivity contribution in [3.05, 3.63) is 33.8 Å². The maximum atomic E-state index is 11.5. The van der Waals surface area contributed by atoms with Crippen LogP contribution >= 0.6 is 47.2 Å². The molecule has 84 valence electrons. The third kappa shape index (κ3) is 2.51. The van der Waals surface area contributed by atoms with E-state index in [9.17, 15) is 4.79 Å². The summed E-state index contributed by atoms with van der Waals surface area (Å²) >= 11 is 18.2. The van der Waals surface area contributed by atoms with Gasteiger partial charge in [0.1, 0.15) is 4.32 Å². The first-order valence-corrected chi connectivity index (χ1v) is 6.64. The number of thiocarbonyl (C=S) groups is 1. The van der Waals surface area contributed by atoms with Crippen molar-refractivity contribution >= 4 is 57.4 Å². The predicted octanol–water partition coefficient (Wildman–Crippen LogP) is 3.35. The van der Waals surface area contributed by atoms with E-state index in [-0.39, 0.29) is 5.91 Å². The van der Waals surface area contributed by atoms with Gasteiger partial charge in [-0.2, -0.15) is 0 Å². The van der Waals surface area contributed by atoms with Crippen molar-refractivity contribution in [1.29, 1.82) is 0 Å². The van der Waals surface area contributed by atoms with Crippen LogP contribution in [0.4, 0.5) is 0 Å². The van der Waals surface area contributed by atoms with Crippen molar-refractivity contribution in [3.63, 3.8) is 0 Å². The van der Waals surface area contributed by atoms with Gasteiger partial charge >= 0.3 is 0 Å². The van der Waals surface area contributed by atoms with Gasteiger partial charge in [0.05, 0.1) is 22.3 Å². The van der Waals surface area contributed by atoms with Crippen LogP contribution in [0, 0.1) is 0 Å². The third-order valence-corrected chi connectivity index (χ3v) is 4.34. The topological polar surface area (TPSA) is 20.3 Å². The molecule has 0 aromatic heterocycles. The first-order chi connectivity index (χ1) is 7.58. The summed E-state index contributed by atoms with van der Waals surface area (Å²) in [7, 11) is 0. The lowest BCUT2D eigenvalue weighted by atomic mass is 10.2. The van der Waals surface area contributed by atoms with Crippen LogP contribution in [0.25, 0.3) is 0 Å². The van der Waals surface area contributed by atoms with Gasteiger partial charge in [-0.15, -0.1) is 0 Å². The zero-order valence-corrected chi connectivity index (χ0v) is 11.2. The molecule has 2 nitrogen and oxygen atoms in total. The van der Waals surface area contributed by atoms with Gasteiger partial charge in [0.2, 0.25) is 5.91 Å². The van der Waals surface area contributed by atoms with Crippen LogP contribution in [-0.2, 0) is 11.3 Å². The van der Waals surface area contributed by atoms with Crippen molar-refractivity contribution in [2.75, 3.05) is 5.75 Å². The van der Waals surface area contributed by atoms with Crippen LogP contribution < -0.4 is 0 Å². The summed E-state index contributed by atoms with van der Waals surface area (Å²) in [6.45, 7) is 0.460. The summed E-state index contributed by atoms with van der Waals surface area (Å²) in [5.74, 6) is 0.473. The van der Waals surface area contributed by atoms with E-state index in [1.165, 1.54) is 11.8 Å². The number of carbonyl (C=O) groups excluding carboxylic acids is 1. The van der Waals surface area contributed by atoms with E-state index in [0.717, 1.165) is 5.56 Å². The molecule has 0 radical (unpaired) electrons. The number of halogens is 2. The molecule has 1 saturated heterocycles. The number of amides is 1. The van der Waals surface area contributed by atoms with Gasteiger partial charge < -0.3 is 0 Å². The van der Waals surface area contributed by atoms with Gasteiger partial charge in [-0.1, -0.05) is 53.2 Å². The van der Waals surface area contributed by atoms with Gasteiger partial charge in [-0.3, -0.25) is 9.69 Å². The molecule has 1 heterocycles. The Morgan fingerprint density at radius 3 is 2.69 bits per heavy atom. The summed E-state index contributed by atoms with van der Waals surface area (Å²) < 4.78 is 0.621. The van der Waals surface area contributed by atoms with E-state index in [2.05, 4.69) is 0 Å². The Morgan fingerprint density at radius 1 is 1.38 bits per heavy atom. The van der Waals surface area contributed by atoms with Gasteiger partial charge in [0.25, 0.3) is 0 Å². The molecule has 0 aliphatic carbocycles. The van der Waals surface area contributed by atoms with Crippen molar-refractivity contribution in [2.24, 2.45) is 0 Å². The molecule has 0 atom stereocenters. The molecule has 0 N–H and O–H groups in total. The highest BCUT2D eigenvalue weighted by atomic mass is 35.5. The van der Waals surface area contributed by atoms with Gasteiger partial charge in [-0.25, -0.2) is 0 Å². The fraction of sp³-hybridized carbons (Fsp3) is 0.200. The molecule has 1 fully saturated rings. The van der Waals surface area contributed by atoms with E-state index >= 15 is 0 Å². The van der Waals surface area contributed by atoms with Crippen molar-refractivity contribution < 1.29 is 4.79 Å². The molecule has 0 bridgehead atoms. The van der Waals surface area contributed by atoms with Gasteiger partial charge in [0, 0.05) is 0 Å². The fourth-order valence-corrected chi connectivity index (χ4v) is 2.74. The Bertz CT molecular complexity index is 448. The number of nitrogens with zero attached hydrogens (tertiary/aromatic N) is 1. The SMILES string of the molecule is O=C1CSC(=S)N1Cc1ccc(Cl)c(Cl)c1. The predicted molar refractivity (Wildman–Crippen MR) is 72.1 cm³/mol. The zero-order valence-electron chi connectivity index (χ0n) is 8.07. The van der Waals surface area contributed by atoms with Crippen LogP contribution in [0.5, 0.6) is 0 Å². The Balaban J connectivity index is 2.17. The van der Waals surface area contributed by atoms with E-state index < -0.39 is 0 Å². The zero-order chi connectivity index (χ0) is 11.7. The summed E-state index contributed by atoms with van der Waals surface area (Å²) in [5, 5.41) is 1.000. The Labute approximate surface area is 113 Å². The standard InChI is InChI=1S/C10H7Cl2NOS2/c11-7-2-1-6(3-8(7)12)4-13-9(14)5-16-10(13)15/h1-3H,4-5H2. The van der Waals surface area contributed by atoms with Gasteiger partial charge in [0.15, 0.2) is 0 Å². The molecule has 0 unspecified atom stereocenters. The molecule has 1 aromatic rings. The lowest BCUT2D eigenvalue weighted by molar-refractivity contribution is -0.124. The number of rotatable bonds is 2. The van der Waals surface area contributed by atoms with E-state index in [1.807, 2.05) is 6.07 Å². The molecular formula is C10H7Cl2NOS2. The fourth-order valence-electron chi connectivity index (χ4n) is 1.35. The Kier molecular flexibility index (Phi) is 3.74. The monoisotopic (exact) mass is 291 g/mol. The summed E-state index contributed by atoms with van der Waals surface area (Å²) in [5.41, 5.74) is 0.924. The Hall–Kier alpha value is -0.290. The van der Waals surface area contributed by atoms with Crippen LogP contribution in [0.2, 0.25) is 10.0 Å². The molecule has 1 amide bonds. The second-order valence-corrected chi connectivity index (χ2v) is 5.71. The third-order valence-electron chi connectivity index (χ3n) is 2.17. The normalized spacial score (nSPS) is 16.0. The molecule has 0 saturated carbocycles. The van der Waals surface area contributed by atoms with Crippen molar-refractivity contribution in [2.45, 2.75) is 6.54 Å². The van der Waals surface area contributed by atoms with Crippen LogP contribution in [0.15, 0.2) is 18.2 Å². The average molecular weight is 292 g/mol. The first kappa shape index (κ1) is 12.2. The smallest absolute Gasteiger partial charge is 0.238 e. The molecule has 0 spiro atoms. The minimum absolute atomic E-state index is 0.0427. The van der Waals surface area contributed by atoms with E-state index in [4.69, 9.17) is 35.4 Å². The largest absolute Gasteiger partial charge is 0.293 e. The molecule has 6 heteroatoms. The highest BCUT2D eigenvalue weighted by molar-refractivity contribution is 8.23. The molecule has 16 heavy (non-hydrogen) atoms. The number of thioether (sulfide) groups is 1. The van der Waals surface area contributed by atoms with Gasteiger partial charge in [-0.05, 0) is 17.7 Å². The van der Waals surface area contributed by atoms with Crippen LogP contribution in [0.1, 0.15) is 5.56 Å². The highest BCUT2D eigenvalue weighted by Crippen LogP contribution is 2.26. The molecule has 1 aromatic carbocycles. The minimum Gasteiger partial charge on any atom is -0.293 e. The van der Waals surface area contributed by atoms with Crippen LogP contribution in [-0.4, -0.2) is 20.9 Å². The quantitative estimate of drug-likeness (QED) is 0.780. The summed E-state index contributed by atoms with van der Waals surface area (Å²) in [6, 6.07) is 5.31.